The van der Waals surface area contributed by atoms with Crippen LogP contribution in [0.2, 0.25) is 0 Å². The summed E-state index contributed by atoms with van der Waals surface area (Å²) in [6.45, 7) is 16.8. The summed E-state index contributed by atoms with van der Waals surface area (Å²) >= 11 is 0. The van der Waals surface area contributed by atoms with Crippen LogP contribution in [0.4, 0.5) is 0 Å². The molecule has 2 atom stereocenters. The topological polar surface area (TPSA) is 94.7 Å². The molecule has 38 heavy (non-hydrogen) atoms. The number of aryl methyl sites for hydroxylation is 3. The lowest BCUT2D eigenvalue weighted by Gasteiger charge is -2.16. The highest BCUT2D eigenvalue weighted by atomic mass is 16.4. The Morgan fingerprint density at radius 1 is 1.00 bits per heavy atom. The normalized spacial score (nSPS) is 16.9. The summed E-state index contributed by atoms with van der Waals surface area (Å²) in [5.74, 6) is -0.691. The molecule has 6 heteroatoms. The molecule has 0 saturated carbocycles. The summed E-state index contributed by atoms with van der Waals surface area (Å²) in [5, 5.41) is 9.43. The third kappa shape index (κ3) is 4.28. The SMILES string of the molecule is C=Cc1c(C)c2cc3nc(c(C)c4nc(cc5[nH]c(cc1[nH]2)c(C)c5CC)C(C)=C4)[C@@H](CCC(=O)O)C3C. The van der Waals surface area contributed by atoms with E-state index in [-0.39, 0.29) is 18.3 Å². The predicted molar refractivity (Wildman–Crippen MR) is 156 cm³/mol. The first-order valence-corrected chi connectivity index (χ1v) is 13.4. The fraction of sp³-hybridized carbons (Fsp3) is 0.344. The second-order valence-corrected chi connectivity index (χ2v) is 10.6. The van der Waals surface area contributed by atoms with E-state index in [1.165, 1.54) is 11.1 Å². The number of nitrogens with zero attached hydrogens (tertiary/aromatic N) is 2. The first-order chi connectivity index (χ1) is 18.1. The van der Waals surface area contributed by atoms with E-state index >= 15 is 0 Å². The van der Waals surface area contributed by atoms with Crippen molar-refractivity contribution >= 4 is 45.8 Å². The summed E-state index contributed by atoms with van der Waals surface area (Å²) in [7, 11) is 0. The molecule has 5 heterocycles. The van der Waals surface area contributed by atoms with Crippen molar-refractivity contribution in [2.75, 3.05) is 0 Å². The summed E-state index contributed by atoms with van der Waals surface area (Å²) in [6, 6.07) is 6.44. The zero-order valence-corrected chi connectivity index (χ0v) is 23.1. The molecule has 0 spiro atoms. The Kier molecular flexibility index (Phi) is 6.59. The average Bonchev–Trinajstić information content (AvgIpc) is 3.57. The van der Waals surface area contributed by atoms with Crippen LogP contribution < -0.4 is 0 Å². The van der Waals surface area contributed by atoms with Crippen molar-refractivity contribution in [3.63, 3.8) is 0 Å². The van der Waals surface area contributed by atoms with Gasteiger partial charge in [-0.15, -0.1) is 0 Å². The molecule has 196 valence electrons. The Bertz CT molecular complexity index is 1670. The van der Waals surface area contributed by atoms with Crippen molar-refractivity contribution in [2.45, 2.75) is 72.6 Å². The smallest absolute Gasteiger partial charge is 0.303 e. The van der Waals surface area contributed by atoms with Crippen LogP contribution in [0, 0.1) is 20.8 Å². The number of allylic oxidation sites excluding steroid dienone is 1. The van der Waals surface area contributed by atoms with E-state index in [1.54, 1.807) is 0 Å². The molecule has 0 aliphatic carbocycles. The molecule has 0 fully saturated rings. The maximum Gasteiger partial charge on any atom is 0.303 e. The molecule has 5 rings (SSSR count). The Hall–Kier alpha value is -3.93. The summed E-state index contributed by atoms with van der Waals surface area (Å²) in [6.07, 6.45) is 5.58. The number of nitrogens with one attached hydrogen (secondary N) is 2. The molecule has 1 unspecified atom stereocenters. The molecule has 0 saturated heterocycles. The average molecular weight is 509 g/mol. The lowest BCUT2D eigenvalue weighted by molar-refractivity contribution is -0.137. The predicted octanol–water partition coefficient (Wildman–Crippen LogP) is 7.76. The van der Waals surface area contributed by atoms with Gasteiger partial charge in [-0.05, 0) is 92.6 Å². The number of aromatic amines is 2. The number of fused-ring (bicyclic) bond motifs is 8. The van der Waals surface area contributed by atoms with Gasteiger partial charge in [-0.25, -0.2) is 4.98 Å². The van der Waals surface area contributed by atoms with Crippen molar-refractivity contribution in [1.29, 1.82) is 0 Å². The van der Waals surface area contributed by atoms with E-state index in [0.29, 0.717) is 6.42 Å². The molecule has 2 aliphatic rings. The van der Waals surface area contributed by atoms with E-state index in [1.807, 2.05) is 6.08 Å². The number of rotatable bonds is 5. The van der Waals surface area contributed by atoms with Crippen molar-refractivity contribution in [3.8, 4) is 0 Å². The summed E-state index contributed by atoms with van der Waals surface area (Å²) < 4.78 is 0. The lowest BCUT2D eigenvalue weighted by atomic mass is 9.86. The Morgan fingerprint density at radius 2 is 1.71 bits per heavy atom. The second kappa shape index (κ2) is 9.75. The van der Waals surface area contributed by atoms with Crippen LogP contribution in [0.25, 0.3) is 39.8 Å². The van der Waals surface area contributed by atoms with Gasteiger partial charge in [-0.1, -0.05) is 26.5 Å². The standard InChI is InChI=1S/C32H36N4O2/c1-8-21-18(5)27-15-30-22(9-2)17(4)26(34-30)14-28-19(6)23(10-11-31(37)38)32(36-28)20(7)25-12-16(3)24(33-25)13-29(21)35-27/h9,12-15,19,23,34-35H,2,8,10-11H2,1,3-7H3,(H,37,38)/t19?,23-/m0/s1. The minimum atomic E-state index is -0.785. The Balaban J connectivity index is 1.93. The molecular weight excluding hydrogens is 472 g/mol. The van der Waals surface area contributed by atoms with Crippen molar-refractivity contribution in [1.82, 2.24) is 19.9 Å². The van der Waals surface area contributed by atoms with Crippen LogP contribution in [0.1, 0.15) is 96.0 Å². The molecule has 3 N–H and O–H groups in total. The van der Waals surface area contributed by atoms with Gasteiger partial charge in [-0.3, -0.25) is 9.78 Å². The molecule has 2 aliphatic heterocycles. The van der Waals surface area contributed by atoms with Gasteiger partial charge in [0.2, 0.25) is 0 Å². The molecule has 0 aromatic carbocycles. The van der Waals surface area contributed by atoms with Gasteiger partial charge in [0, 0.05) is 57.3 Å². The number of carbonyl (C=O) groups is 1. The fourth-order valence-electron chi connectivity index (χ4n) is 5.96. The number of carboxylic acids is 1. The summed E-state index contributed by atoms with van der Waals surface area (Å²) in [5.41, 5.74) is 14.7. The molecule has 6 nitrogen and oxygen atoms in total. The van der Waals surface area contributed by atoms with Crippen LogP contribution in [0.3, 0.4) is 0 Å². The number of hydrogen-bond acceptors (Lipinski definition) is 3. The van der Waals surface area contributed by atoms with E-state index in [0.717, 1.165) is 73.5 Å². The number of H-pyrrole nitrogens is 2. The zero-order chi connectivity index (χ0) is 27.3. The second-order valence-electron chi connectivity index (χ2n) is 10.6. The first kappa shape index (κ1) is 25.7. The molecular formula is C32H36N4O2. The Labute approximate surface area is 223 Å². The number of aromatic nitrogens is 4. The van der Waals surface area contributed by atoms with Gasteiger partial charge in [0.1, 0.15) is 0 Å². The third-order valence-corrected chi connectivity index (χ3v) is 8.34. The van der Waals surface area contributed by atoms with Crippen LogP contribution in [-0.2, 0) is 11.2 Å². The van der Waals surface area contributed by atoms with Gasteiger partial charge >= 0.3 is 5.97 Å². The van der Waals surface area contributed by atoms with E-state index in [2.05, 4.69) is 82.4 Å². The highest BCUT2D eigenvalue weighted by molar-refractivity contribution is 5.86. The fourth-order valence-corrected chi connectivity index (χ4v) is 5.96. The molecule has 0 radical (unpaired) electrons. The van der Waals surface area contributed by atoms with Gasteiger partial charge < -0.3 is 15.1 Å². The maximum atomic E-state index is 11.5. The highest BCUT2D eigenvalue weighted by Crippen LogP contribution is 2.42. The third-order valence-electron chi connectivity index (χ3n) is 8.34. The Morgan fingerprint density at radius 3 is 2.39 bits per heavy atom. The van der Waals surface area contributed by atoms with Crippen molar-refractivity contribution < 1.29 is 9.90 Å². The van der Waals surface area contributed by atoms with Crippen LogP contribution in [0.15, 0.2) is 24.8 Å². The minimum absolute atomic E-state index is 0.0116. The molecule has 3 aromatic rings. The van der Waals surface area contributed by atoms with Gasteiger partial charge in [0.15, 0.2) is 0 Å². The van der Waals surface area contributed by atoms with E-state index in [4.69, 9.17) is 9.97 Å². The van der Waals surface area contributed by atoms with Crippen LogP contribution in [-0.4, -0.2) is 31.0 Å². The minimum Gasteiger partial charge on any atom is -0.481 e. The van der Waals surface area contributed by atoms with Crippen molar-refractivity contribution in [2.24, 2.45) is 0 Å². The molecule has 0 amide bonds. The van der Waals surface area contributed by atoms with E-state index < -0.39 is 5.97 Å². The quantitative estimate of drug-likeness (QED) is 0.328. The zero-order valence-electron chi connectivity index (χ0n) is 23.1. The lowest BCUT2D eigenvalue weighted by Crippen LogP contribution is -2.07. The van der Waals surface area contributed by atoms with Gasteiger partial charge in [-0.2, -0.15) is 0 Å². The van der Waals surface area contributed by atoms with E-state index in [9.17, 15) is 9.90 Å². The van der Waals surface area contributed by atoms with Gasteiger partial charge in [0.05, 0.1) is 11.4 Å². The van der Waals surface area contributed by atoms with Crippen LogP contribution in [0.5, 0.6) is 0 Å². The molecule has 3 aromatic heterocycles. The van der Waals surface area contributed by atoms with Crippen molar-refractivity contribution in [3.05, 3.63) is 75.4 Å². The summed E-state index contributed by atoms with van der Waals surface area (Å²) in [4.78, 5) is 28.9. The highest BCUT2D eigenvalue weighted by Gasteiger charge is 2.31. The first-order valence-electron chi connectivity index (χ1n) is 13.4. The monoisotopic (exact) mass is 508 g/mol. The number of carboxylic acid groups (broad SMARTS) is 1. The number of aliphatic carboxylic acids is 1. The van der Waals surface area contributed by atoms with Gasteiger partial charge in [0.25, 0.3) is 0 Å². The maximum absolute atomic E-state index is 11.5. The molecule has 8 bridgehead atoms. The largest absolute Gasteiger partial charge is 0.481 e. The van der Waals surface area contributed by atoms with Crippen LogP contribution >= 0.6 is 0 Å². The number of hydrogen-bond donors (Lipinski definition) is 3.